The zero-order valence-corrected chi connectivity index (χ0v) is 12.8. The topological polar surface area (TPSA) is 46.2 Å². The van der Waals surface area contributed by atoms with E-state index in [0.717, 1.165) is 12.8 Å². The molecule has 1 N–H and O–H groups in total. The molecule has 3 nitrogen and oxygen atoms in total. The van der Waals surface area contributed by atoms with Crippen LogP contribution in [0.15, 0.2) is 29.2 Å². The summed E-state index contributed by atoms with van der Waals surface area (Å²) in [6, 6.07) is 6.56. The third kappa shape index (κ3) is 3.30. The lowest BCUT2D eigenvalue weighted by Crippen LogP contribution is -2.43. The van der Waals surface area contributed by atoms with Gasteiger partial charge >= 0.3 is 0 Å². The van der Waals surface area contributed by atoms with Crippen molar-refractivity contribution in [3.8, 4) is 0 Å². The second-order valence-electron chi connectivity index (χ2n) is 5.43. The minimum Gasteiger partial charge on any atom is -0.208 e. The van der Waals surface area contributed by atoms with Crippen molar-refractivity contribution in [1.82, 2.24) is 4.72 Å². The average Bonchev–Trinajstić information content (AvgIpc) is 2.35. The molecule has 106 valence electrons. The Balaban J connectivity index is 2.20. The van der Waals surface area contributed by atoms with Crippen LogP contribution >= 0.6 is 11.6 Å². The summed E-state index contributed by atoms with van der Waals surface area (Å²) in [6.45, 7) is 4.30. The third-order valence-corrected chi connectivity index (χ3v) is 6.13. The molecule has 0 heterocycles. The van der Waals surface area contributed by atoms with Crippen LogP contribution in [0.2, 0.25) is 5.02 Å². The molecule has 2 rings (SSSR count). The monoisotopic (exact) mass is 301 g/mol. The molecule has 19 heavy (non-hydrogen) atoms. The Labute approximate surface area is 120 Å². The first-order valence-electron chi connectivity index (χ1n) is 6.68. The van der Waals surface area contributed by atoms with Gasteiger partial charge in [-0.05, 0) is 30.4 Å². The largest absolute Gasteiger partial charge is 0.242 e. The number of hydrogen-bond acceptors (Lipinski definition) is 2. The molecule has 1 aromatic rings. The van der Waals surface area contributed by atoms with Crippen molar-refractivity contribution in [2.75, 3.05) is 0 Å². The molecule has 0 aromatic heterocycles. The summed E-state index contributed by atoms with van der Waals surface area (Å²) in [5.74, 6) is 0.902. The van der Waals surface area contributed by atoms with Crippen LogP contribution in [0.3, 0.4) is 0 Å². The zero-order valence-electron chi connectivity index (χ0n) is 11.3. The van der Waals surface area contributed by atoms with Gasteiger partial charge in [-0.2, -0.15) is 0 Å². The maximum atomic E-state index is 12.4. The number of halogens is 1. The zero-order chi connectivity index (χ0) is 14.0. The molecular weight excluding hydrogens is 282 g/mol. The Kier molecular flexibility index (Phi) is 4.54. The van der Waals surface area contributed by atoms with E-state index in [9.17, 15) is 8.42 Å². The molecule has 0 spiro atoms. The van der Waals surface area contributed by atoms with Gasteiger partial charge in [0.15, 0.2) is 0 Å². The molecule has 0 radical (unpaired) electrons. The molecule has 3 unspecified atom stereocenters. The molecule has 0 aliphatic heterocycles. The third-order valence-electron chi connectivity index (χ3n) is 4.14. The quantitative estimate of drug-likeness (QED) is 0.929. The predicted octanol–water partition coefficient (Wildman–Crippen LogP) is 3.44. The van der Waals surface area contributed by atoms with Crippen LogP contribution in [-0.4, -0.2) is 14.5 Å². The van der Waals surface area contributed by atoms with Crippen LogP contribution in [0.1, 0.15) is 33.1 Å². The Morgan fingerprint density at radius 2 is 1.89 bits per heavy atom. The Morgan fingerprint density at radius 3 is 2.58 bits per heavy atom. The minimum atomic E-state index is -3.53. The first kappa shape index (κ1) is 14.8. The van der Waals surface area contributed by atoms with Gasteiger partial charge in [0.2, 0.25) is 10.0 Å². The fraction of sp³-hybridized carbons (Fsp3) is 0.571. The Bertz CT molecular complexity index is 544. The van der Waals surface area contributed by atoms with Crippen LogP contribution in [0.4, 0.5) is 0 Å². The van der Waals surface area contributed by atoms with E-state index in [1.165, 1.54) is 6.42 Å². The highest BCUT2D eigenvalue weighted by molar-refractivity contribution is 7.89. The summed E-state index contributed by atoms with van der Waals surface area (Å²) >= 11 is 5.97. The van der Waals surface area contributed by atoms with Crippen molar-refractivity contribution >= 4 is 21.6 Å². The fourth-order valence-electron chi connectivity index (χ4n) is 2.67. The standard InChI is InChI=1S/C14H20ClNO2S/c1-10-6-5-8-13(11(10)2)16-19(17,18)14-9-4-3-7-12(14)15/h3-4,7,9-11,13,16H,5-6,8H2,1-2H3. The Hall–Kier alpha value is -0.580. The molecule has 0 amide bonds. The number of rotatable bonds is 3. The average molecular weight is 302 g/mol. The molecule has 3 atom stereocenters. The lowest BCUT2D eigenvalue weighted by molar-refractivity contribution is 0.227. The Morgan fingerprint density at radius 1 is 1.21 bits per heavy atom. The predicted molar refractivity (Wildman–Crippen MR) is 77.7 cm³/mol. The van der Waals surface area contributed by atoms with Gasteiger partial charge in [0.25, 0.3) is 0 Å². The van der Waals surface area contributed by atoms with E-state index in [2.05, 4.69) is 18.6 Å². The molecule has 1 aromatic carbocycles. The molecule has 1 aliphatic carbocycles. The number of sulfonamides is 1. The normalized spacial score (nSPS) is 28.3. The highest BCUT2D eigenvalue weighted by Crippen LogP contribution is 2.31. The number of benzene rings is 1. The first-order valence-corrected chi connectivity index (χ1v) is 8.55. The lowest BCUT2D eigenvalue weighted by atomic mass is 9.78. The van der Waals surface area contributed by atoms with Gasteiger partial charge in [-0.3, -0.25) is 0 Å². The molecule has 1 aliphatic rings. The maximum Gasteiger partial charge on any atom is 0.242 e. The highest BCUT2D eigenvalue weighted by atomic mass is 35.5. The summed E-state index contributed by atoms with van der Waals surface area (Å²) in [5, 5.41) is 0.270. The maximum absolute atomic E-state index is 12.4. The van der Waals surface area contributed by atoms with Crippen molar-refractivity contribution in [2.24, 2.45) is 11.8 Å². The molecule has 1 saturated carbocycles. The van der Waals surface area contributed by atoms with Crippen molar-refractivity contribution < 1.29 is 8.42 Å². The number of hydrogen-bond donors (Lipinski definition) is 1. The number of nitrogens with one attached hydrogen (secondary N) is 1. The van der Waals surface area contributed by atoms with Crippen LogP contribution in [0.5, 0.6) is 0 Å². The van der Waals surface area contributed by atoms with Gasteiger partial charge in [-0.1, -0.05) is 50.4 Å². The van der Waals surface area contributed by atoms with Crippen LogP contribution < -0.4 is 4.72 Å². The molecule has 5 heteroatoms. The van der Waals surface area contributed by atoms with Crippen LogP contribution in [0.25, 0.3) is 0 Å². The molecule has 0 saturated heterocycles. The molecular formula is C14H20ClNO2S. The van der Waals surface area contributed by atoms with Gasteiger partial charge in [0.05, 0.1) is 5.02 Å². The van der Waals surface area contributed by atoms with E-state index in [4.69, 9.17) is 11.6 Å². The molecule has 0 bridgehead atoms. The van der Waals surface area contributed by atoms with Crippen LogP contribution in [0, 0.1) is 11.8 Å². The lowest BCUT2D eigenvalue weighted by Gasteiger charge is -2.34. The van der Waals surface area contributed by atoms with Gasteiger partial charge in [-0.25, -0.2) is 13.1 Å². The summed E-state index contributed by atoms with van der Waals surface area (Å²) < 4.78 is 27.6. The van der Waals surface area contributed by atoms with Gasteiger partial charge in [0, 0.05) is 6.04 Å². The van der Waals surface area contributed by atoms with E-state index in [-0.39, 0.29) is 16.0 Å². The highest BCUT2D eigenvalue weighted by Gasteiger charge is 2.31. The van der Waals surface area contributed by atoms with Crippen molar-refractivity contribution in [3.63, 3.8) is 0 Å². The second kappa shape index (κ2) is 5.81. The van der Waals surface area contributed by atoms with E-state index < -0.39 is 10.0 Å². The van der Waals surface area contributed by atoms with Crippen molar-refractivity contribution in [2.45, 2.75) is 44.0 Å². The molecule has 1 fully saturated rings. The van der Waals surface area contributed by atoms with Crippen LogP contribution in [-0.2, 0) is 10.0 Å². The van der Waals surface area contributed by atoms with E-state index in [0.29, 0.717) is 11.8 Å². The fourth-order valence-corrected chi connectivity index (χ4v) is 4.55. The summed E-state index contributed by atoms with van der Waals surface area (Å²) in [7, 11) is -3.53. The SMILES string of the molecule is CC1CCCC(NS(=O)(=O)c2ccccc2Cl)C1C. The van der Waals surface area contributed by atoms with Gasteiger partial charge < -0.3 is 0 Å². The van der Waals surface area contributed by atoms with Gasteiger partial charge in [-0.15, -0.1) is 0 Å². The van der Waals surface area contributed by atoms with Crippen molar-refractivity contribution in [1.29, 1.82) is 0 Å². The van der Waals surface area contributed by atoms with E-state index in [1.54, 1.807) is 24.3 Å². The summed E-state index contributed by atoms with van der Waals surface area (Å²) in [4.78, 5) is 0.169. The first-order chi connectivity index (χ1) is 8.92. The summed E-state index contributed by atoms with van der Waals surface area (Å²) in [5.41, 5.74) is 0. The van der Waals surface area contributed by atoms with E-state index in [1.807, 2.05) is 0 Å². The summed E-state index contributed by atoms with van der Waals surface area (Å²) in [6.07, 6.45) is 3.14. The van der Waals surface area contributed by atoms with Crippen molar-refractivity contribution in [3.05, 3.63) is 29.3 Å². The minimum absolute atomic E-state index is 0.00465. The smallest absolute Gasteiger partial charge is 0.208 e. The van der Waals surface area contributed by atoms with E-state index >= 15 is 0 Å². The second-order valence-corrected chi connectivity index (χ2v) is 7.52. The van der Waals surface area contributed by atoms with Gasteiger partial charge in [0.1, 0.15) is 4.90 Å².